The van der Waals surface area contributed by atoms with Gasteiger partial charge in [-0.1, -0.05) is 107 Å². The third-order valence-corrected chi connectivity index (χ3v) is 13.3. The van der Waals surface area contributed by atoms with Crippen LogP contribution in [0.15, 0.2) is 71.8 Å². The molecule has 10 atom stereocenters. The lowest BCUT2D eigenvalue weighted by molar-refractivity contribution is -0.138. The number of rotatable bonds is 21. The van der Waals surface area contributed by atoms with E-state index in [1.807, 2.05) is 50.3 Å². The van der Waals surface area contributed by atoms with Gasteiger partial charge < -0.3 is 46.4 Å². The number of phenols is 1. The van der Waals surface area contributed by atoms with Crippen molar-refractivity contribution in [1.29, 1.82) is 0 Å². The van der Waals surface area contributed by atoms with Crippen LogP contribution in [-0.4, -0.2) is 96.4 Å². The molecule has 1 saturated heterocycles. The number of unbranched alkanes of at least 4 members (excludes halogenated alkanes) is 1. The van der Waals surface area contributed by atoms with Crippen LogP contribution < -0.4 is 10.6 Å². The van der Waals surface area contributed by atoms with Gasteiger partial charge in [-0.2, -0.15) is 0 Å². The van der Waals surface area contributed by atoms with Crippen molar-refractivity contribution in [2.24, 2.45) is 11.8 Å². The Hall–Kier alpha value is -3.53. The van der Waals surface area contributed by atoms with Gasteiger partial charge in [0, 0.05) is 48.5 Å². The lowest BCUT2D eigenvalue weighted by atomic mass is 9.73. The molecule has 2 aromatic rings. The minimum atomic E-state index is -1.37. The highest BCUT2D eigenvalue weighted by Crippen LogP contribution is 2.39. The molecule has 10 nitrogen and oxygen atoms in total. The Balaban J connectivity index is 1.91. The number of phenolic OH excluding ortho intramolecular Hbond substituents is 1. The van der Waals surface area contributed by atoms with Crippen LogP contribution in [0.3, 0.4) is 0 Å². The molecule has 62 heavy (non-hydrogen) atoms. The molecule has 10 heteroatoms. The van der Waals surface area contributed by atoms with Gasteiger partial charge >= 0.3 is 5.97 Å². The molecule has 0 radical (unpaired) electrons. The molecule has 0 aromatic heterocycles. The average Bonchev–Trinajstić information content (AvgIpc) is 3.40. The SMILES string of the molecule is CCCCC(O)C(O)C=CC1=C(CC(O)CO)C(CCCC2NC(C)CCCC2CC(=O)O)NC(C(C)(O)C(CCC(C)C)c2ccc(O)cc2)CC#Cc2ccccc2CC1. The van der Waals surface area contributed by atoms with Crippen molar-refractivity contribution in [3.8, 4) is 17.6 Å². The number of hydrogen-bond acceptors (Lipinski definition) is 9. The molecule has 0 bridgehead atoms. The first-order valence-electron chi connectivity index (χ1n) is 23.5. The van der Waals surface area contributed by atoms with Gasteiger partial charge in [0.05, 0.1) is 30.5 Å². The summed E-state index contributed by atoms with van der Waals surface area (Å²) in [5, 5.41) is 84.6. The van der Waals surface area contributed by atoms with Crippen LogP contribution in [0.1, 0.15) is 154 Å². The van der Waals surface area contributed by atoms with Crippen molar-refractivity contribution in [2.75, 3.05) is 6.61 Å². The van der Waals surface area contributed by atoms with Crippen LogP contribution in [0.25, 0.3) is 0 Å². The number of hydrogen-bond donors (Lipinski definition) is 9. The minimum absolute atomic E-state index is 0.000567. The third-order valence-electron chi connectivity index (χ3n) is 13.3. The van der Waals surface area contributed by atoms with Crippen molar-refractivity contribution in [2.45, 2.75) is 191 Å². The largest absolute Gasteiger partial charge is 0.508 e. The topological polar surface area (TPSA) is 183 Å². The molecular weight excluding hydrogens is 781 g/mol. The van der Waals surface area contributed by atoms with Gasteiger partial charge in [-0.25, -0.2) is 0 Å². The van der Waals surface area contributed by atoms with Gasteiger partial charge in [0.25, 0.3) is 0 Å². The summed E-state index contributed by atoms with van der Waals surface area (Å²) < 4.78 is 0. The minimum Gasteiger partial charge on any atom is -0.508 e. The van der Waals surface area contributed by atoms with Crippen molar-refractivity contribution < 1.29 is 40.5 Å². The standard InChI is InChI=1S/C52H78N2O8/c1-6-7-20-48(58)49(59)31-27-39-24-23-38-15-9-8-14-37(38)16-11-21-50(52(5,62)45(30-22-35(2)3)40-25-28-42(56)29-26-40)54-47(44(39)33-43(57)34-55)19-12-18-46-41(32-51(60)61)17-10-13-36(4)53-46/h8-9,14-15,25-29,31,35-36,41,43,45-50,53-59,62H,6-7,10,12-13,17-24,30,32-34H2,1-5H3,(H,60,61). The van der Waals surface area contributed by atoms with E-state index in [0.29, 0.717) is 50.9 Å². The number of aliphatic carboxylic acids is 1. The molecule has 2 heterocycles. The second-order valence-electron chi connectivity index (χ2n) is 18.8. The van der Waals surface area contributed by atoms with E-state index in [1.165, 1.54) is 0 Å². The number of aromatic hydroxyl groups is 1. The van der Waals surface area contributed by atoms with E-state index in [0.717, 1.165) is 72.8 Å². The maximum atomic E-state index is 13.1. The van der Waals surface area contributed by atoms with Crippen molar-refractivity contribution in [3.63, 3.8) is 0 Å². The van der Waals surface area contributed by atoms with Gasteiger partial charge in [0.2, 0.25) is 0 Å². The molecule has 10 unspecified atom stereocenters. The predicted molar refractivity (Wildman–Crippen MR) is 248 cm³/mol. The van der Waals surface area contributed by atoms with Crippen LogP contribution in [0.5, 0.6) is 5.75 Å². The molecule has 344 valence electrons. The van der Waals surface area contributed by atoms with Crippen molar-refractivity contribution in [3.05, 3.63) is 88.5 Å². The van der Waals surface area contributed by atoms with E-state index in [4.69, 9.17) is 0 Å². The Morgan fingerprint density at radius 2 is 1.71 bits per heavy atom. The Kier molecular flexibility index (Phi) is 21.2. The smallest absolute Gasteiger partial charge is 0.303 e. The predicted octanol–water partition coefficient (Wildman–Crippen LogP) is 7.68. The van der Waals surface area contributed by atoms with Gasteiger partial charge in [-0.15, -0.1) is 0 Å². The van der Waals surface area contributed by atoms with E-state index < -0.39 is 48.6 Å². The molecule has 0 saturated carbocycles. The Labute approximate surface area is 372 Å². The van der Waals surface area contributed by atoms with E-state index in [1.54, 1.807) is 18.2 Å². The summed E-state index contributed by atoms with van der Waals surface area (Å²) in [7, 11) is 0. The van der Waals surface area contributed by atoms with Gasteiger partial charge in [-0.05, 0) is 124 Å². The number of aliphatic hydroxyl groups is 5. The lowest BCUT2D eigenvalue weighted by Crippen LogP contribution is -2.56. The zero-order valence-corrected chi connectivity index (χ0v) is 38.1. The number of carboxylic acids is 1. The fourth-order valence-electron chi connectivity index (χ4n) is 9.55. The molecule has 2 aliphatic rings. The highest BCUT2D eigenvalue weighted by atomic mass is 16.4. The van der Waals surface area contributed by atoms with Crippen LogP contribution in [0.4, 0.5) is 0 Å². The summed E-state index contributed by atoms with van der Waals surface area (Å²) in [6.07, 6.45) is 10.5. The number of carboxylic acid groups (broad SMARTS) is 1. The number of benzene rings is 2. The van der Waals surface area contributed by atoms with Crippen LogP contribution in [0.2, 0.25) is 0 Å². The fourth-order valence-corrected chi connectivity index (χ4v) is 9.55. The van der Waals surface area contributed by atoms with Gasteiger partial charge in [-0.3, -0.25) is 4.79 Å². The summed E-state index contributed by atoms with van der Waals surface area (Å²) in [5.41, 5.74) is 3.16. The maximum absolute atomic E-state index is 13.1. The second-order valence-corrected chi connectivity index (χ2v) is 18.8. The number of nitrogens with one attached hydrogen (secondary N) is 2. The Morgan fingerprint density at radius 1 is 0.968 bits per heavy atom. The number of aliphatic hydroxyl groups excluding tert-OH is 4. The molecule has 4 rings (SSSR count). The number of fused-ring (bicyclic) bond motifs is 1. The Morgan fingerprint density at radius 3 is 2.40 bits per heavy atom. The van der Waals surface area contributed by atoms with Gasteiger partial charge in [0.1, 0.15) is 5.75 Å². The number of carbonyl (C=O) groups is 1. The molecule has 2 aromatic carbocycles. The van der Waals surface area contributed by atoms with Crippen LogP contribution in [-0.2, 0) is 11.2 Å². The zero-order chi connectivity index (χ0) is 45.2. The number of allylic oxidation sites excluding steroid dienone is 2. The molecule has 0 aliphatic carbocycles. The first-order chi connectivity index (χ1) is 29.6. The zero-order valence-electron chi connectivity index (χ0n) is 38.1. The summed E-state index contributed by atoms with van der Waals surface area (Å²) in [5.74, 6) is 6.26. The quantitative estimate of drug-likeness (QED) is 0.0565. The molecule has 0 amide bonds. The lowest BCUT2D eigenvalue weighted by Gasteiger charge is -2.43. The highest BCUT2D eigenvalue weighted by Gasteiger charge is 2.42. The van der Waals surface area contributed by atoms with E-state index >= 15 is 0 Å². The summed E-state index contributed by atoms with van der Waals surface area (Å²) in [6.45, 7) is 9.94. The monoisotopic (exact) mass is 859 g/mol. The van der Waals surface area contributed by atoms with E-state index in [2.05, 4.69) is 49.3 Å². The Bertz CT molecular complexity index is 1780. The van der Waals surface area contributed by atoms with Crippen molar-refractivity contribution in [1.82, 2.24) is 10.6 Å². The normalized spacial score (nSPS) is 24.4. The molecule has 0 spiro atoms. The summed E-state index contributed by atoms with van der Waals surface area (Å²) in [6, 6.07) is 14.3. The van der Waals surface area contributed by atoms with E-state index in [-0.39, 0.29) is 42.5 Å². The first-order valence-corrected chi connectivity index (χ1v) is 23.5. The average molecular weight is 859 g/mol. The summed E-state index contributed by atoms with van der Waals surface area (Å²) >= 11 is 0. The molecular formula is C52H78N2O8. The summed E-state index contributed by atoms with van der Waals surface area (Å²) in [4.78, 5) is 12.0. The highest BCUT2D eigenvalue weighted by molar-refractivity contribution is 5.67. The maximum Gasteiger partial charge on any atom is 0.303 e. The molecule has 2 aliphatic heterocycles. The fraction of sp³-hybridized carbons (Fsp3) is 0.635. The van der Waals surface area contributed by atoms with Crippen LogP contribution in [0, 0.1) is 23.7 Å². The van der Waals surface area contributed by atoms with Crippen molar-refractivity contribution >= 4 is 5.97 Å². The molecule has 1 fully saturated rings. The first kappa shape index (κ1) is 51.1. The third kappa shape index (κ3) is 15.9. The van der Waals surface area contributed by atoms with Crippen LogP contribution >= 0.6 is 0 Å². The van der Waals surface area contributed by atoms with Gasteiger partial charge in [0.15, 0.2) is 0 Å². The second kappa shape index (κ2) is 25.7. The number of aryl methyl sites for hydroxylation is 1. The molecule has 9 N–H and O–H groups in total. The van der Waals surface area contributed by atoms with E-state index in [9.17, 15) is 40.5 Å².